The topological polar surface area (TPSA) is 3.24 Å². The fourth-order valence-electron chi connectivity index (χ4n) is 5.68. The van der Waals surface area contributed by atoms with E-state index in [1.807, 2.05) is 0 Å². The first-order valence-corrected chi connectivity index (χ1v) is 13.8. The van der Waals surface area contributed by atoms with Crippen LogP contribution < -0.4 is 10.4 Å². The molecule has 0 atom stereocenters. The quantitative estimate of drug-likeness (QED) is 0.209. The van der Waals surface area contributed by atoms with Crippen molar-refractivity contribution in [3.8, 4) is 22.3 Å². The van der Waals surface area contributed by atoms with E-state index in [1.54, 1.807) is 0 Å². The fourth-order valence-corrected chi connectivity index (χ4v) is 5.68. The van der Waals surface area contributed by atoms with Crippen molar-refractivity contribution in [1.29, 1.82) is 0 Å². The zero-order chi connectivity index (χ0) is 26.9. The molecule has 0 aromatic heterocycles. The van der Waals surface area contributed by atoms with E-state index in [1.165, 1.54) is 49.3 Å². The second kappa shape index (κ2) is 10.2. The Morgan fingerprint density at radius 3 is 1.18 bits per heavy atom. The molecule has 0 aliphatic rings. The molecule has 0 saturated carbocycles. The van der Waals surface area contributed by atoms with Crippen molar-refractivity contribution in [3.63, 3.8) is 0 Å². The molecular weight excluding hydrogens is 481 g/mol. The van der Waals surface area contributed by atoms with E-state index in [9.17, 15) is 0 Å². The van der Waals surface area contributed by atoms with Gasteiger partial charge in [0, 0.05) is 17.1 Å². The van der Waals surface area contributed by atoms with Crippen LogP contribution in [0.5, 0.6) is 0 Å². The van der Waals surface area contributed by atoms with E-state index in [0.29, 0.717) is 0 Å². The van der Waals surface area contributed by atoms with Crippen LogP contribution in [0.4, 0.5) is 17.1 Å². The van der Waals surface area contributed by atoms with Crippen molar-refractivity contribution in [3.05, 3.63) is 158 Å². The van der Waals surface area contributed by atoms with E-state index in [0.717, 1.165) is 17.1 Å². The number of fused-ring (bicyclic) bond motifs is 2. The van der Waals surface area contributed by atoms with Crippen LogP contribution >= 0.6 is 0 Å². The molecule has 2 heteroatoms. The van der Waals surface area contributed by atoms with Crippen molar-refractivity contribution in [1.82, 2.24) is 0 Å². The van der Waals surface area contributed by atoms with Gasteiger partial charge in [-0.15, -0.1) is 0 Å². The van der Waals surface area contributed by atoms with Crippen LogP contribution in [0.1, 0.15) is 0 Å². The fraction of sp³-hybridized carbons (Fsp3) is 0. The highest BCUT2D eigenvalue weighted by atomic mass is 15.1. The Bertz CT molecular complexity index is 1810. The average molecular weight is 509 g/mol. The Labute approximate surface area is 236 Å². The van der Waals surface area contributed by atoms with Gasteiger partial charge in [0.05, 0.1) is 0 Å². The Balaban J connectivity index is 1.29. The molecule has 40 heavy (non-hydrogen) atoms. The van der Waals surface area contributed by atoms with Gasteiger partial charge in [-0.1, -0.05) is 127 Å². The van der Waals surface area contributed by atoms with Gasteiger partial charge in [-0.25, -0.2) is 0 Å². The first kappa shape index (κ1) is 24.0. The number of benzene rings is 7. The molecular formula is C38H28BN. The van der Waals surface area contributed by atoms with Crippen LogP contribution in [0.15, 0.2) is 158 Å². The second-order valence-corrected chi connectivity index (χ2v) is 10.3. The molecule has 0 aliphatic carbocycles. The lowest BCUT2D eigenvalue weighted by atomic mass is 9.95. The van der Waals surface area contributed by atoms with E-state index in [2.05, 4.69) is 170 Å². The third-order valence-electron chi connectivity index (χ3n) is 7.74. The molecule has 7 rings (SSSR count). The lowest BCUT2D eigenvalue weighted by Crippen LogP contribution is -2.11. The highest BCUT2D eigenvalue weighted by molar-refractivity contribution is 6.32. The summed E-state index contributed by atoms with van der Waals surface area (Å²) >= 11 is 0. The summed E-state index contributed by atoms with van der Waals surface area (Å²) in [7, 11) is 2.13. The Morgan fingerprint density at radius 2 is 0.725 bits per heavy atom. The summed E-state index contributed by atoms with van der Waals surface area (Å²) in [6, 6.07) is 56.9. The Kier molecular flexibility index (Phi) is 6.14. The van der Waals surface area contributed by atoms with Gasteiger partial charge in [-0.3, -0.25) is 0 Å². The van der Waals surface area contributed by atoms with Crippen LogP contribution in [0.2, 0.25) is 0 Å². The molecule has 0 N–H and O–H groups in total. The van der Waals surface area contributed by atoms with E-state index in [-0.39, 0.29) is 0 Å². The summed E-state index contributed by atoms with van der Waals surface area (Å²) in [5.74, 6) is 0. The minimum Gasteiger partial charge on any atom is -0.311 e. The molecule has 1 nitrogen and oxygen atoms in total. The monoisotopic (exact) mass is 509 g/mol. The highest BCUT2D eigenvalue weighted by Crippen LogP contribution is 2.38. The van der Waals surface area contributed by atoms with Gasteiger partial charge >= 0.3 is 0 Å². The molecule has 0 bridgehead atoms. The number of hydrogen-bond acceptors (Lipinski definition) is 1. The molecule has 0 radical (unpaired) electrons. The molecule has 7 aromatic rings. The van der Waals surface area contributed by atoms with Crippen molar-refractivity contribution < 1.29 is 0 Å². The average Bonchev–Trinajstić information content (AvgIpc) is 3.02. The zero-order valence-corrected chi connectivity index (χ0v) is 22.5. The number of rotatable bonds is 5. The Hall–Kier alpha value is -5.08. The third-order valence-corrected chi connectivity index (χ3v) is 7.74. The molecule has 188 valence electrons. The standard InChI is InChI=1S/C38H28BN/c39-31-19-25-34(26-20-31)40(32-21-15-29(16-22-32)37-13-5-9-27-7-1-3-11-35(27)37)33-23-17-30(18-24-33)38-14-6-10-28-8-2-4-12-36(28)38/h1-26H,39H2. The first-order chi connectivity index (χ1) is 19.7. The zero-order valence-electron chi connectivity index (χ0n) is 22.5. The smallest absolute Gasteiger partial charge is 0.139 e. The maximum atomic E-state index is 2.33. The van der Waals surface area contributed by atoms with Gasteiger partial charge in [0.15, 0.2) is 0 Å². The SMILES string of the molecule is Bc1ccc(N(c2ccc(-c3cccc4ccccc34)cc2)c2ccc(-c3cccc4ccccc34)cc2)cc1. The van der Waals surface area contributed by atoms with Crippen molar-refractivity contribution in [2.45, 2.75) is 0 Å². The van der Waals surface area contributed by atoms with Crippen molar-refractivity contribution in [2.75, 3.05) is 4.90 Å². The minimum atomic E-state index is 1.13. The van der Waals surface area contributed by atoms with Gasteiger partial charge in [-0.05, 0) is 80.2 Å². The van der Waals surface area contributed by atoms with Gasteiger partial charge in [0.25, 0.3) is 0 Å². The highest BCUT2D eigenvalue weighted by Gasteiger charge is 2.14. The summed E-state index contributed by atoms with van der Waals surface area (Å²) in [4.78, 5) is 2.33. The molecule has 0 amide bonds. The maximum absolute atomic E-state index is 2.33. The molecule has 0 saturated heterocycles. The molecule has 0 unspecified atom stereocenters. The number of anilines is 3. The van der Waals surface area contributed by atoms with Crippen LogP contribution in [0, 0.1) is 0 Å². The van der Waals surface area contributed by atoms with Gasteiger partial charge in [0.2, 0.25) is 0 Å². The lowest BCUT2D eigenvalue weighted by Gasteiger charge is -2.26. The van der Waals surface area contributed by atoms with E-state index < -0.39 is 0 Å². The number of nitrogens with zero attached hydrogens (tertiary/aromatic N) is 1. The maximum Gasteiger partial charge on any atom is 0.139 e. The van der Waals surface area contributed by atoms with Crippen LogP contribution in [0.25, 0.3) is 43.8 Å². The summed E-state index contributed by atoms with van der Waals surface area (Å²) in [6.45, 7) is 0. The summed E-state index contributed by atoms with van der Waals surface area (Å²) < 4.78 is 0. The first-order valence-electron chi connectivity index (χ1n) is 13.8. The predicted molar refractivity (Wildman–Crippen MR) is 175 cm³/mol. The summed E-state index contributed by atoms with van der Waals surface area (Å²) in [6.07, 6.45) is 0. The third kappa shape index (κ3) is 4.44. The van der Waals surface area contributed by atoms with Crippen molar-refractivity contribution in [2.24, 2.45) is 0 Å². The second-order valence-electron chi connectivity index (χ2n) is 10.3. The summed E-state index contributed by atoms with van der Waals surface area (Å²) in [5, 5.41) is 5.07. The minimum absolute atomic E-state index is 1.13. The van der Waals surface area contributed by atoms with E-state index in [4.69, 9.17) is 0 Å². The van der Waals surface area contributed by atoms with Gasteiger partial charge < -0.3 is 4.90 Å². The Morgan fingerprint density at radius 1 is 0.350 bits per heavy atom. The predicted octanol–water partition coefficient (Wildman–Crippen LogP) is 9.06. The number of hydrogen-bond donors (Lipinski definition) is 0. The van der Waals surface area contributed by atoms with Crippen LogP contribution in [0.3, 0.4) is 0 Å². The molecule has 0 fully saturated rings. The largest absolute Gasteiger partial charge is 0.311 e. The van der Waals surface area contributed by atoms with Crippen LogP contribution in [-0.4, -0.2) is 7.85 Å². The van der Waals surface area contributed by atoms with Gasteiger partial charge in [0.1, 0.15) is 7.85 Å². The molecule has 7 aromatic carbocycles. The summed E-state index contributed by atoms with van der Waals surface area (Å²) in [5.41, 5.74) is 9.60. The normalized spacial score (nSPS) is 11.1. The molecule has 0 heterocycles. The van der Waals surface area contributed by atoms with Crippen LogP contribution in [-0.2, 0) is 0 Å². The molecule has 0 aliphatic heterocycles. The lowest BCUT2D eigenvalue weighted by molar-refractivity contribution is 1.29. The molecule has 0 spiro atoms. The van der Waals surface area contributed by atoms with Crippen molar-refractivity contribution >= 4 is 51.9 Å². The van der Waals surface area contributed by atoms with Gasteiger partial charge in [-0.2, -0.15) is 0 Å². The van der Waals surface area contributed by atoms with E-state index >= 15 is 0 Å².